The van der Waals surface area contributed by atoms with Crippen LogP contribution in [-0.4, -0.2) is 55.8 Å². The summed E-state index contributed by atoms with van der Waals surface area (Å²) in [6.07, 6.45) is 1.03. The Hall–Kier alpha value is -1.79. The molecule has 2 aromatic rings. The highest BCUT2D eigenvalue weighted by Crippen LogP contribution is 2.29. The number of hydrogen-bond donors (Lipinski definition) is 0. The first-order chi connectivity index (χ1) is 12.3. The van der Waals surface area contributed by atoms with Gasteiger partial charge in [0.25, 0.3) is 0 Å². The summed E-state index contributed by atoms with van der Waals surface area (Å²) >= 11 is 1.57. The quantitative estimate of drug-likeness (QED) is 0.720. The zero-order valence-electron chi connectivity index (χ0n) is 15.1. The SMILES string of the molecule is CCCOc1ccccc1N1CCN(CCOc2scnc2C)CC1. The molecule has 3 rings (SSSR count). The van der Waals surface area contributed by atoms with Gasteiger partial charge in [0.1, 0.15) is 12.4 Å². The molecule has 6 heteroatoms. The number of benzene rings is 1. The van der Waals surface area contributed by atoms with E-state index in [9.17, 15) is 0 Å². The first-order valence-corrected chi connectivity index (χ1v) is 9.88. The van der Waals surface area contributed by atoms with E-state index in [4.69, 9.17) is 9.47 Å². The molecule has 0 bridgehead atoms. The highest BCUT2D eigenvalue weighted by Gasteiger charge is 2.19. The second-order valence-corrected chi connectivity index (χ2v) is 7.04. The lowest BCUT2D eigenvalue weighted by Crippen LogP contribution is -2.47. The summed E-state index contributed by atoms with van der Waals surface area (Å²) in [4.78, 5) is 9.10. The van der Waals surface area contributed by atoms with Crippen molar-refractivity contribution in [1.29, 1.82) is 0 Å². The molecule has 0 spiro atoms. The summed E-state index contributed by atoms with van der Waals surface area (Å²) in [7, 11) is 0. The Balaban J connectivity index is 1.46. The van der Waals surface area contributed by atoms with Crippen molar-refractivity contribution in [3.63, 3.8) is 0 Å². The van der Waals surface area contributed by atoms with E-state index >= 15 is 0 Å². The molecule has 2 heterocycles. The zero-order valence-corrected chi connectivity index (χ0v) is 15.9. The van der Waals surface area contributed by atoms with E-state index in [1.807, 2.05) is 18.5 Å². The van der Waals surface area contributed by atoms with Crippen LogP contribution in [0.3, 0.4) is 0 Å². The smallest absolute Gasteiger partial charge is 0.196 e. The van der Waals surface area contributed by atoms with Crippen LogP contribution in [0.4, 0.5) is 5.69 Å². The topological polar surface area (TPSA) is 37.8 Å². The van der Waals surface area contributed by atoms with E-state index in [1.165, 1.54) is 5.69 Å². The van der Waals surface area contributed by atoms with Crippen molar-refractivity contribution in [3.8, 4) is 10.8 Å². The largest absolute Gasteiger partial charge is 0.491 e. The standard InChI is InChI=1S/C19H27N3O2S/c1-3-13-23-18-7-5-4-6-17(18)22-10-8-21(9-11-22)12-14-24-19-16(2)20-15-25-19/h4-7,15H,3,8-14H2,1-2H3. The van der Waals surface area contributed by atoms with E-state index in [0.717, 1.165) is 68.9 Å². The molecule has 25 heavy (non-hydrogen) atoms. The second-order valence-electron chi connectivity index (χ2n) is 6.22. The molecule has 1 fully saturated rings. The third kappa shape index (κ3) is 4.86. The first-order valence-electron chi connectivity index (χ1n) is 9.00. The van der Waals surface area contributed by atoms with E-state index in [2.05, 4.69) is 39.9 Å². The predicted octanol–water partition coefficient (Wildman–Crippen LogP) is 3.44. The normalized spacial score (nSPS) is 15.4. The Bertz CT molecular complexity index is 654. The maximum Gasteiger partial charge on any atom is 0.196 e. The number of anilines is 1. The van der Waals surface area contributed by atoms with Crippen molar-refractivity contribution in [3.05, 3.63) is 35.5 Å². The molecule has 1 aromatic heterocycles. The van der Waals surface area contributed by atoms with Crippen molar-refractivity contribution in [2.24, 2.45) is 0 Å². The Labute approximate surface area is 154 Å². The Morgan fingerprint density at radius 3 is 2.60 bits per heavy atom. The van der Waals surface area contributed by atoms with Gasteiger partial charge in [-0.3, -0.25) is 4.90 Å². The highest BCUT2D eigenvalue weighted by atomic mass is 32.1. The summed E-state index contributed by atoms with van der Waals surface area (Å²) in [6.45, 7) is 10.7. The molecule has 5 nitrogen and oxygen atoms in total. The van der Waals surface area contributed by atoms with Gasteiger partial charge < -0.3 is 14.4 Å². The third-order valence-corrected chi connectivity index (χ3v) is 5.22. The number of para-hydroxylation sites is 2. The van der Waals surface area contributed by atoms with Gasteiger partial charge in [-0.05, 0) is 25.5 Å². The van der Waals surface area contributed by atoms with E-state index in [1.54, 1.807) is 11.3 Å². The molecule has 1 aliphatic rings. The number of aryl methyl sites for hydroxylation is 1. The maximum atomic E-state index is 5.90. The van der Waals surface area contributed by atoms with Crippen LogP contribution in [0.2, 0.25) is 0 Å². The summed E-state index contributed by atoms with van der Waals surface area (Å²) in [5.41, 5.74) is 4.03. The van der Waals surface area contributed by atoms with Crippen LogP contribution >= 0.6 is 11.3 Å². The first kappa shape index (κ1) is 18.0. The van der Waals surface area contributed by atoms with Gasteiger partial charge in [0, 0.05) is 32.7 Å². The predicted molar refractivity (Wildman–Crippen MR) is 103 cm³/mol. The lowest BCUT2D eigenvalue weighted by molar-refractivity contribution is 0.202. The number of piperazine rings is 1. The van der Waals surface area contributed by atoms with Crippen LogP contribution in [0.15, 0.2) is 29.8 Å². The third-order valence-electron chi connectivity index (χ3n) is 4.38. The summed E-state index contributed by atoms with van der Waals surface area (Å²) in [6, 6.07) is 8.37. The molecule has 0 saturated carbocycles. The Morgan fingerprint density at radius 1 is 1.08 bits per heavy atom. The van der Waals surface area contributed by atoms with Crippen LogP contribution in [0.5, 0.6) is 10.8 Å². The molecule has 0 radical (unpaired) electrons. The van der Waals surface area contributed by atoms with E-state index < -0.39 is 0 Å². The second kappa shape index (κ2) is 9.06. The molecule has 1 aliphatic heterocycles. The zero-order chi connectivity index (χ0) is 17.5. The number of aromatic nitrogens is 1. The van der Waals surface area contributed by atoms with Crippen molar-refractivity contribution in [1.82, 2.24) is 9.88 Å². The molecule has 0 atom stereocenters. The number of rotatable bonds is 8. The van der Waals surface area contributed by atoms with Gasteiger partial charge in [0.05, 0.1) is 23.5 Å². The fraction of sp³-hybridized carbons (Fsp3) is 0.526. The van der Waals surface area contributed by atoms with Gasteiger partial charge in [-0.15, -0.1) is 0 Å². The molecule has 0 unspecified atom stereocenters. The molecule has 1 saturated heterocycles. The van der Waals surface area contributed by atoms with Crippen molar-refractivity contribution >= 4 is 17.0 Å². The van der Waals surface area contributed by atoms with Crippen LogP contribution < -0.4 is 14.4 Å². The van der Waals surface area contributed by atoms with E-state index in [0.29, 0.717) is 0 Å². The monoisotopic (exact) mass is 361 g/mol. The molecule has 0 aliphatic carbocycles. The number of thiazole rings is 1. The average molecular weight is 362 g/mol. The Kier molecular flexibility index (Phi) is 6.53. The summed E-state index contributed by atoms with van der Waals surface area (Å²) in [5, 5.41) is 0.945. The minimum atomic E-state index is 0.721. The van der Waals surface area contributed by atoms with Crippen molar-refractivity contribution < 1.29 is 9.47 Å². The van der Waals surface area contributed by atoms with Crippen LogP contribution in [0, 0.1) is 6.92 Å². The van der Waals surface area contributed by atoms with Gasteiger partial charge in [-0.2, -0.15) is 0 Å². The summed E-state index contributed by atoms with van der Waals surface area (Å²) in [5.74, 6) is 1.00. The highest BCUT2D eigenvalue weighted by molar-refractivity contribution is 7.11. The number of nitrogens with zero attached hydrogens (tertiary/aromatic N) is 3. The molecule has 0 N–H and O–H groups in total. The molecular formula is C19H27N3O2S. The Morgan fingerprint density at radius 2 is 1.88 bits per heavy atom. The molecular weight excluding hydrogens is 334 g/mol. The van der Waals surface area contributed by atoms with Crippen LogP contribution in [0.25, 0.3) is 0 Å². The lowest BCUT2D eigenvalue weighted by Gasteiger charge is -2.36. The van der Waals surface area contributed by atoms with Gasteiger partial charge in [0.15, 0.2) is 5.06 Å². The fourth-order valence-corrected chi connectivity index (χ4v) is 3.64. The number of ether oxygens (including phenoxy) is 2. The minimum Gasteiger partial charge on any atom is -0.491 e. The molecule has 0 amide bonds. The lowest BCUT2D eigenvalue weighted by atomic mass is 10.2. The maximum absolute atomic E-state index is 5.90. The minimum absolute atomic E-state index is 0.721. The molecule has 136 valence electrons. The summed E-state index contributed by atoms with van der Waals surface area (Å²) < 4.78 is 11.7. The van der Waals surface area contributed by atoms with Crippen molar-refractivity contribution in [2.45, 2.75) is 20.3 Å². The fourth-order valence-electron chi connectivity index (χ4n) is 2.96. The van der Waals surface area contributed by atoms with E-state index in [-0.39, 0.29) is 0 Å². The van der Waals surface area contributed by atoms with Gasteiger partial charge in [-0.1, -0.05) is 30.4 Å². The average Bonchev–Trinajstić information content (AvgIpc) is 3.06. The van der Waals surface area contributed by atoms with Gasteiger partial charge >= 0.3 is 0 Å². The number of hydrogen-bond acceptors (Lipinski definition) is 6. The van der Waals surface area contributed by atoms with Crippen LogP contribution in [0.1, 0.15) is 19.0 Å². The molecule has 1 aromatic carbocycles. The van der Waals surface area contributed by atoms with Crippen molar-refractivity contribution in [2.75, 3.05) is 50.8 Å². The van der Waals surface area contributed by atoms with Crippen LogP contribution in [-0.2, 0) is 0 Å². The van der Waals surface area contributed by atoms with Gasteiger partial charge in [-0.25, -0.2) is 4.98 Å². The van der Waals surface area contributed by atoms with Gasteiger partial charge in [0.2, 0.25) is 0 Å².